The van der Waals surface area contributed by atoms with Gasteiger partial charge in [0.2, 0.25) is 0 Å². The van der Waals surface area contributed by atoms with E-state index in [-0.39, 0.29) is 5.91 Å². The van der Waals surface area contributed by atoms with Gasteiger partial charge in [-0.05, 0) is 36.6 Å². The molecule has 0 radical (unpaired) electrons. The van der Waals surface area contributed by atoms with Crippen molar-refractivity contribution in [3.8, 4) is 17.0 Å². The number of benzene rings is 4. The van der Waals surface area contributed by atoms with Crippen molar-refractivity contribution in [3.63, 3.8) is 0 Å². The summed E-state index contributed by atoms with van der Waals surface area (Å²) in [5.74, 6) is 0.540. The van der Waals surface area contributed by atoms with Crippen LogP contribution in [0.5, 0.6) is 5.75 Å². The number of ether oxygens (including phenoxy) is 1. The molecule has 0 saturated heterocycles. The molecule has 0 saturated carbocycles. The van der Waals surface area contributed by atoms with Gasteiger partial charge in [-0.15, -0.1) is 0 Å². The second-order valence-electron chi connectivity index (χ2n) is 7.77. The molecule has 5 aromatic rings. The van der Waals surface area contributed by atoms with E-state index < -0.39 is 0 Å². The standard InChI is InChI=1S/C29H23N3O2/c1-2-34-28-17-16-21(22-12-6-7-14-24(22)28)19-30-32-29(33)25-18-27(20-10-4-3-5-11-20)31-26-15-9-8-13-23(25)26/h3-19H,2H2,1H3,(H,32,33)/b30-19+. The average Bonchev–Trinajstić information content (AvgIpc) is 2.89. The van der Waals surface area contributed by atoms with Crippen LogP contribution in [0.1, 0.15) is 22.8 Å². The lowest BCUT2D eigenvalue weighted by Gasteiger charge is -2.10. The smallest absolute Gasteiger partial charge is 0.272 e. The van der Waals surface area contributed by atoms with E-state index in [2.05, 4.69) is 10.5 Å². The van der Waals surface area contributed by atoms with Gasteiger partial charge in [0.25, 0.3) is 5.91 Å². The van der Waals surface area contributed by atoms with E-state index in [0.717, 1.165) is 44.2 Å². The summed E-state index contributed by atoms with van der Waals surface area (Å²) in [7, 11) is 0. The maximum atomic E-state index is 13.2. The number of amides is 1. The Balaban J connectivity index is 1.46. The summed E-state index contributed by atoms with van der Waals surface area (Å²) in [5.41, 5.74) is 6.56. The van der Waals surface area contributed by atoms with Crippen molar-refractivity contribution in [2.45, 2.75) is 6.92 Å². The Morgan fingerprint density at radius 1 is 0.882 bits per heavy atom. The first-order valence-electron chi connectivity index (χ1n) is 11.2. The lowest BCUT2D eigenvalue weighted by Crippen LogP contribution is -2.18. The summed E-state index contributed by atoms with van der Waals surface area (Å²) in [6.07, 6.45) is 1.66. The number of carbonyl (C=O) groups is 1. The number of rotatable bonds is 6. The molecule has 0 bridgehead atoms. The first kappa shape index (κ1) is 21.3. The number of carbonyl (C=O) groups excluding carboxylic acids is 1. The summed E-state index contributed by atoms with van der Waals surface area (Å²) in [6, 6.07) is 31.1. The number of hydrazone groups is 1. The highest BCUT2D eigenvalue weighted by Gasteiger charge is 2.13. The number of fused-ring (bicyclic) bond motifs is 2. The minimum absolute atomic E-state index is 0.290. The summed E-state index contributed by atoms with van der Waals surface area (Å²) in [5, 5.41) is 7.06. The van der Waals surface area contributed by atoms with Crippen LogP contribution in [0.3, 0.4) is 0 Å². The SMILES string of the molecule is CCOc1ccc(/C=N/NC(=O)c2cc(-c3ccccc3)nc3ccccc23)c2ccccc12. The number of pyridine rings is 1. The Morgan fingerprint density at radius 2 is 1.59 bits per heavy atom. The van der Waals surface area contributed by atoms with Gasteiger partial charge in [-0.3, -0.25) is 4.79 Å². The number of aromatic nitrogens is 1. The molecule has 5 rings (SSSR count). The lowest BCUT2D eigenvalue weighted by molar-refractivity contribution is 0.0956. The van der Waals surface area contributed by atoms with Crippen molar-refractivity contribution in [3.05, 3.63) is 108 Å². The molecule has 1 heterocycles. The molecular weight excluding hydrogens is 422 g/mol. The molecular formula is C29H23N3O2. The minimum atomic E-state index is -0.290. The van der Waals surface area contributed by atoms with Gasteiger partial charge >= 0.3 is 0 Å². The van der Waals surface area contributed by atoms with Crippen molar-refractivity contribution in [1.82, 2.24) is 10.4 Å². The van der Waals surface area contributed by atoms with Crippen LogP contribution in [-0.4, -0.2) is 23.7 Å². The molecule has 0 aliphatic carbocycles. The van der Waals surface area contributed by atoms with E-state index in [1.54, 1.807) is 6.21 Å². The number of hydrogen-bond donors (Lipinski definition) is 1. The molecule has 0 unspecified atom stereocenters. The molecule has 4 aromatic carbocycles. The third kappa shape index (κ3) is 4.24. The van der Waals surface area contributed by atoms with Gasteiger partial charge in [0.15, 0.2) is 0 Å². The van der Waals surface area contributed by atoms with Crippen molar-refractivity contribution < 1.29 is 9.53 Å². The van der Waals surface area contributed by atoms with Crippen LogP contribution < -0.4 is 10.2 Å². The number of hydrogen-bond acceptors (Lipinski definition) is 4. The minimum Gasteiger partial charge on any atom is -0.493 e. The van der Waals surface area contributed by atoms with E-state index in [0.29, 0.717) is 12.2 Å². The molecule has 0 aliphatic heterocycles. The molecule has 0 atom stereocenters. The Morgan fingerprint density at radius 3 is 2.38 bits per heavy atom. The van der Waals surface area contributed by atoms with Crippen LogP contribution >= 0.6 is 0 Å². The first-order valence-corrected chi connectivity index (χ1v) is 11.2. The normalized spacial score (nSPS) is 11.2. The Kier molecular flexibility index (Phi) is 5.99. The third-order valence-electron chi connectivity index (χ3n) is 5.62. The Labute approximate surface area is 197 Å². The monoisotopic (exact) mass is 445 g/mol. The molecule has 34 heavy (non-hydrogen) atoms. The zero-order valence-electron chi connectivity index (χ0n) is 18.7. The van der Waals surface area contributed by atoms with Gasteiger partial charge < -0.3 is 4.74 Å². The van der Waals surface area contributed by atoms with E-state index in [4.69, 9.17) is 9.72 Å². The van der Waals surface area contributed by atoms with Gasteiger partial charge in [-0.1, -0.05) is 72.8 Å². The van der Waals surface area contributed by atoms with Crippen molar-refractivity contribution in [2.24, 2.45) is 5.10 Å². The van der Waals surface area contributed by atoms with E-state index in [9.17, 15) is 4.79 Å². The second-order valence-corrected chi connectivity index (χ2v) is 7.77. The quantitative estimate of drug-likeness (QED) is 0.249. The largest absolute Gasteiger partial charge is 0.493 e. The predicted molar refractivity (Wildman–Crippen MR) is 137 cm³/mol. The summed E-state index contributed by atoms with van der Waals surface area (Å²) < 4.78 is 5.74. The molecule has 166 valence electrons. The first-order chi connectivity index (χ1) is 16.7. The second kappa shape index (κ2) is 9.55. The molecule has 1 aromatic heterocycles. The van der Waals surface area contributed by atoms with Crippen LogP contribution in [0, 0.1) is 0 Å². The third-order valence-corrected chi connectivity index (χ3v) is 5.62. The average molecular weight is 446 g/mol. The van der Waals surface area contributed by atoms with E-state index >= 15 is 0 Å². The van der Waals surface area contributed by atoms with E-state index in [1.807, 2.05) is 104 Å². The molecule has 1 N–H and O–H groups in total. The fourth-order valence-corrected chi connectivity index (χ4v) is 4.03. The van der Waals surface area contributed by atoms with Gasteiger partial charge in [0.05, 0.1) is 29.6 Å². The molecule has 1 amide bonds. The summed E-state index contributed by atoms with van der Waals surface area (Å²) >= 11 is 0. The number of nitrogens with one attached hydrogen (secondary N) is 1. The zero-order valence-corrected chi connectivity index (χ0v) is 18.7. The number of nitrogens with zero attached hydrogens (tertiary/aromatic N) is 2. The fourth-order valence-electron chi connectivity index (χ4n) is 4.03. The van der Waals surface area contributed by atoms with E-state index in [1.165, 1.54) is 0 Å². The predicted octanol–water partition coefficient (Wildman–Crippen LogP) is 6.22. The zero-order chi connectivity index (χ0) is 23.3. The van der Waals surface area contributed by atoms with Gasteiger partial charge in [-0.25, -0.2) is 10.4 Å². The maximum Gasteiger partial charge on any atom is 0.272 e. The molecule has 0 spiro atoms. The highest BCUT2D eigenvalue weighted by molar-refractivity contribution is 6.08. The van der Waals surface area contributed by atoms with Gasteiger partial charge in [-0.2, -0.15) is 5.10 Å². The topological polar surface area (TPSA) is 63.6 Å². The summed E-state index contributed by atoms with van der Waals surface area (Å²) in [6.45, 7) is 2.56. The lowest BCUT2D eigenvalue weighted by atomic mass is 10.0. The highest BCUT2D eigenvalue weighted by atomic mass is 16.5. The van der Waals surface area contributed by atoms with Crippen LogP contribution in [0.15, 0.2) is 102 Å². The van der Waals surface area contributed by atoms with Crippen molar-refractivity contribution in [2.75, 3.05) is 6.61 Å². The van der Waals surface area contributed by atoms with Crippen molar-refractivity contribution in [1.29, 1.82) is 0 Å². The van der Waals surface area contributed by atoms with Crippen LogP contribution in [0.25, 0.3) is 32.9 Å². The van der Waals surface area contributed by atoms with Crippen LogP contribution in [0.4, 0.5) is 0 Å². The van der Waals surface area contributed by atoms with Crippen molar-refractivity contribution >= 4 is 33.8 Å². The fraction of sp³-hybridized carbons (Fsp3) is 0.0690. The molecule has 5 nitrogen and oxygen atoms in total. The number of para-hydroxylation sites is 1. The molecule has 0 fully saturated rings. The molecule has 0 aliphatic rings. The van der Waals surface area contributed by atoms with Crippen LogP contribution in [-0.2, 0) is 0 Å². The van der Waals surface area contributed by atoms with Crippen LogP contribution in [0.2, 0.25) is 0 Å². The Hall–Kier alpha value is -4.51. The summed E-state index contributed by atoms with van der Waals surface area (Å²) in [4.78, 5) is 17.9. The Bertz CT molecular complexity index is 1510. The highest BCUT2D eigenvalue weighted by Crippen LogP contribution is 2.28. The maximum absolute atomic E-state index is 13.2. The van der Waals surface area contributed by atoms with Gasteiger partial charge in [0.1, 0.15) is 5.75 Å². The molecule has 5 heteroatoms. The van der Waals surface area contributed by atoms with Gasteiger partial charge in [0, 0.05) is 21.9 Å².